The zero-order valence-electron chi connectivity index (χ0n) is 8.67. The van der Waals surface area contributed by atoms with Gasteiger partial charge in [0.05, 0.1) is 6.10 Å². The van der Waals surface area contributed by atoms with Gasteiger partial charge < -0.3 is 10.1 Å². The van der Waals surface area contributed by atoms with E-state index >= 15 is 0 Å². The van der Waals surface area contributed by atoms with Gasteiger partial charge in [0.1, 0.15) is 5.78 Å². The zero-order valence-corrected chi connectivity index (χ0v) is 8.67. The molecule has 1 saturated heterocycles. The molecule has 3 heteroatoms. The average molecular weight is 185 g/mol. The van der Waals surface area contributed by atoms with E-state index in [-0.39, 0.29) is 17.8 Å². The van der Waals surface area contributed by atoms with E-state index in [0.717, 1.165) is 13.0 Å². The van der Waals surface area contributed by atoms with Crippen LogP contribution in [0.4, 0.5) is 0 Å². The Kier molecular flexibility index (Phi) is 3.88. The van der Waals surface area contributed by atoms with Crippen LogP contribution >= 0.6 is 0 Å². The lowest BCUT2D eigenvalue weighted by molar-refractivity contribution is -0.125. The Morgan fingerprint density at radius 3 is 2.69 bits per heavy atom. The van der Waals surface area contributed by atoms with E-state index < -0.39 is 0 Å². The van der Waals surface area contributed by atoms with Crippen molar-refractivity contribution in [3.63, 3.8) is 0 Å². The number of methoxy groups -OCH3 is 1. The summed E-state index contributed by atoms with van der Waals surface area (Å²) in [4.78, 5) is 11.2. The fraction of sp³-hybridized carbons (Fsp3) is 0.900. The number of Topliss-reactive ketones (excluding diaryl/α,β-unsaturated/α-hetero) is 1. The molecular weight excluding hydrogens is 166 g/mol. The molecule has 1 N–H and O–H groups in total. The number of ether oxygens (including phenoxy) is 1. The van der Waals surface area contributed by atoms with E-state index in [1.165, 1.54) is 6.42 Å². The molecule has 1 rings (SSSR count). The number of carbonyl (C=O) groups is 1. The number of rotatable bonds is 4. The maximum absolute atomic E-state index is 11.2. The Bertz CT molecular complexity index is 176. The Morgan fingerprint density at radius 1 is 1.62 bits per heavy atom. The minimum Gasteiger partial charge on any atom is -0.379 e. The van der Waals surface area contributed by atoms with Crippen LogP contribution in [0.1, 0.15) is 26.7 Å². The monoisotopic (exact) mass is 185 g/mol. The van der Waals surface area contributed by atoms with Gasteiger partial charge in [-0.25, -0.2) is 0 Å². The van der Waals surface area contributed by atoms with Crippen LogP contribution in [0.15, 0.2) is 0 Å². The molecule has 3 atom stereocenters. The van der Waals surface area contributed by atoms with Crippen LogP contribution in [0, 0.1) is 5.92 Å². The van der Waals surface area contributed by atoms with Crippen LogP contribution in [0.3, 0.4) is 0 Å². The van der Waals surface area contributed by atoms with Crippen molar-refractivity contribution in [2.24, 2.45) is 5.92 Å². The molecule has 0 radical (unpaired) electrons. The molecule has 1 aliphatic rings. The fourth-order valence-corrected chi connectivity index (χ4v) is 1.94. The first-order chi connectivity index (χ1) is 6.16. The van der Waals surface area contributed by atoms with E-state index in [1.54, 1.807) is 14.0 Å². The van der Waals surface area contributed by atoms with Crippen LogP contribution in [0.25, 0.3) is 0 Å². The van der Waals surface area contributed by atoms with Crippen LogP contribution in [-0.4, -0.2) is 31.6 Å². The molecule has 1 fully saturated rings. The third-order valence-electron chi connectivity index (χ3n) is 2.90. The molecule has 0 aromatic carbocycles. The molecule has 76 valence electrons. The molecule has 0 aromatic rings. The van der Waals surface area contributed by atoms with Gasteiger partial charge in [-0.2, -0.15) is 0 Å². The Morgan fingerprint density at radius 2 is 2.31 bits per heavy atom. The van der Waals surface area contributed by atoms with E-state index in [2.05, 4.69) is 5.32 Å². The van der Waals surface area contributed by atoms with Crippen molar-refractivity contribution in [1.29, 1.82) is 0 Å². The van der Waals surface area contributed by atoms with Gasteiger partial charge in [0.2, 0.25) is 0 Å². The lowest BCUT2D eigenvalue weighted by Gasteiger charge is -2.26. The molecule has 0 bridgehead atoms. The molecule has 1 aliphatic heterocycles. The minimum absolute atomic E-state index is 0.000556. The summed E-state index contributed by atoms with van der Waals surface area (Å²) in [6.07, 6.45) is 2.35. The largest absolute Gasteiger partial charge is 0.379 e. The van der Waals surface area contributed by atoms with Crippen molar-refractivity contribution >= 4 is 5.78 Å². The summed E-state index contributed by atoms with van der Waals surface area (Å²) in [6.45, 7) is 4.62. The topological polar surface area (TPSA) is 38.3 Å². The molecule has 0 saturated carbocycles. The molecule has 0 unspecified atom stereocenters. The van der Waals surface area contributed by atoms with Gasteiger partial charge in [0.15, 0.2) is 0 Å². The maximum atomic E-state index is 11.2. The molecular formula is C10H19NO2. The normalized spacial score (nSPS) is 27.2. The summed E-state index contributed by atoms with van der Waals surface area (Å²) in [5.41, 5.74) is 0. The van der Waals surface area contributed by atoms with Crippen LogP contribution in [-0.2, 0) is 9.53 Å². The second-order valence-electron chi connectivity index (χ2n) is 3.80. The van der Waals surface area contributed by atoms with Gasteiger partial charge in [-0.15, -0.1) is 0 Å². The van der Waals surface area contributed by atoms with Crippen molar-refractivity contribution in [1.82, 2.24) is 5.32 Å². The fourth-order valence-electron chi connectivity index (χ4n) is 1.94. The molecule has 1 heterocycles. The first kappa shape index (κ1) is 10.7. The maximum Gasteiger partial charge on any atom is 0.135 e. The van der Waals surface area contributed by atoms with Gasteiger partial charge in [0, 0.05) is 19.1 Å². The Labute approximate surface area is 79.8 Å². The first-order valence-corrected chi connectivity index (χ1v) is 4.93. The van der Waals surface area contributed by atoms with E-state index in [4.69, 9.17) is 4.74 Å². The second kappa shape index (κ2) is 4.72. The number of hydrogen-bond acceptors (Lipinski definition) is 3. The average Bonchev–Trinajstić information content (AvgIpc) is 2.58. The van der Waals surface area contributed by atoms with Crippen molar-refractivity contribution in [3.05, 3.63) is 0 Å². The Balaban J connectivity index is 2.54. The predicted octanol–water partition coefficient (Wildman–Crippen LogP) is 0.978. The third-order valence-corrected chi connectivity index (χ3v) is 2.90. The quantitative estimate of drug-likeness (QED) is 0.709. The second-order valence-corrected chi connectivity index (χ2v) is 3.80. The number of nitrogens with one attached hydrogen (secondary N) is 1. The molecule has 0 spiro atoms. The minimum atomic E-state index is 0.000556. The van der Waals surface area contributed by atoms with E-state index in [1.807, 2.05) is 6.92 Å². The van der Waals surface area contributed by atoms with Crippen molar-refractivity contribution in [3.8, 4) is 0 Å². The van der Waals surface area contributed by atoms with Gasteiger partial charge in [0.25, 0.3) is 0 Å². The number of ketones is 1. The zero-order chi connectivity index (χ0) is 9.84. The summed E-state index contributed by atoms with van der Waals surface area (Å²) in [6, 6.07) is 0.365. The van der Waals surface area contributed by atoms with Gasteiger partial charge in [-0.3, -0.25) is 4.79 Å². The molecule has 0 amide bonds. The smallest absolute Gasteiger partial charge is 0.135 e. The summed E-state index contributed by atoms with van der Waals surface area (Å²) in [5.74, 6) is 0.209. The third kappa shape index (κ3) is 2.51. The first-order valence-electron chi connectivity index (χ1n) is 4.93. The van der Waals surface area contributed by atoms with Crippen LogP contribution < -0.4 is 5.32 Å². The Hall–Kier alpha value is -0.410. The molecule has 3 nitrogen and oxygen atoms in total. The van der Waals surface area contributed by atoms with Gasteiger partial charge >= 0.3 is 0 Å². The number of hydrogen-bond donors (Lipinski definition) is 1. The summed E-state index contributed by atoms with van der Waals surface area (Å²) in [5, 5.41) is 3.37. The summed E-state index contributed by atoms with van der Waals surface area (Å²) < 4.78 is 5.37. The molecule has 0 aliphatic carbocycles. The van der Waals surface area contributed by atoms with E-state index in [9.17, 15) is 4.79 Å². The van der Waals surface area contributed by atoms with E-state index in [0.29, 0.717) is 6.04 Å². The van der Waals surface area contributed by atoms with Gasteiger partial charge in [-0.1, -0.05) is 6.92 Å². The lowest BCUT2D eigenvalue weighted by Crippen LogP contribution is -2.42. The highest BCUT2D eigenvalue weighted by Crippen LogP contribution is 2.18. The predicted molar refractivity (Wildman–Crippen MR) is 51.7 cm³/mol. The SMILES string of the molecule is CO[C@@H]([C@@H]1CCCN1)[C@@H](C)C(C)=O. The highest BCUT2D eigenvalue weighted by molar-refractivity contribution is 5.78. The molecule has 0 aromatic heterocycles. The summed E-state index contributed by atoms with van der Waals surface area (Å²) in [7, 11) is 1.68. The molecule has 13 heavy (non-hydrogen) atoms. The van der Waals surface area contributed by atoms with Crippen molar-refractivity contribution < 1.29 is 9.53 Å². The highest BCUT2D eigenvalue weighted by Gasteiger charge is 2.30. The number of carbonyl (C=O) groups excluding carboxylic acids is 1. The van der Waals surface area contributed by atoms with Crippen LogP contribution in [0.5, 0.6) is 0 Å². The lowest BCUT2D eigenvalue weighted by atomic mass is 9.93. The highest BCUT2D eigenvalue weighted by atomic mass is 16.5. The van der Waals surface area contributed by atoms with Gasteiger partial charge in [-0.05, 0) is 26.3 Å². The van der Waals surface area contributed by atoms with Crippen molar-refractivity contribution in [2.45, 2.75) is 38.8 Å². The van der Waals surface area contributed by atoms with Crippen LogP contribution in [0.2, 0.25) is 0 Å². The standard InChI is InChI=1S/C10H19NO2/c1-7(8(2)12)10(13-3)9-5-4-6-11-9/h7,9-11H,4-6H2,1-3H3/t7-,9-,10+/m0/s1. The summed E-state index contributed by atoms with van der Waals surface area (Å²) >= 11 is 0. The van der Waals surface area contributed by atoms with Crippen molar-refractivity contribution in [2.75, 3.05) is 13.7 Å².